The van der Waals surface area contributed by atoms with Gasteiger partial charge in [0.05, 0.1) is 0 Å². The van der Waals surface area contributed by atoms with Crippen LogP contribution in [0.1, 0.15) is 80.1 Å². The molecule has 4 unspecified atom stereocenters. The van der Waals surface area contributed by atoms with Gasteiger partial charge in [0, 0.05) is 12.1 Å². The molecule has 2 N–H and O–H groups in total. The number of hydrogen-bond acceptors (Lipinski definition) is 1. The van der Waals surface area contributed by atoms with Gasteiger partial charge in [-0.2, -0.15) is 0 Å². The van der Waals surface area contributed by atoms with E-state index in [1.807, 2.05) is 0 Å². The van der Waals surface area contributed by atoms with Crippen molar-refractivity contribution in [3.8, 4) is 0 Å². The van der Waals surface area contributed by atoms with E-state index in [0.29, 0.717) is 34.7 Å². The van der Waals surface area contributed by atoms with Gasteiger partial charge in [-0.3, -0.25) is 0 Å². The summed E-state index contributed by atoms with van der Waals surface area (Å²) in [6, 6.07) is 0.699. The van der Waals surface area contributed by atoms with Gasteiger partial charge in [0.25, 0.3) is 0 Å². The van der Waals surface area contributed by atoms with Crippen LogP contribution in [-0.4, -0.2) is 18.1 Å². The van der Waals surface area contributed by atoms with Gasteiger partial charge in [0.1, 0.15) is 0 Å². The maximum absolute atomic E-state index is 12.4. The molecule has 0 aromatic rings. The molecule has 3 nitrogen and oxygen atoms in total. The smallest absolute Gasteiger partial charge is 0.315 e. The molecule has 0 spiro atoms. The van der Waals surface area contributed by atoms with E-state index in [1.54, 1.807) is 0 Å². The first-order chi connectivity index (χ1) is 10.0. The molecule has 2 saturated carbocycles. The van der Waals surface area contributed by atoms with Crippen molar-refractivity contribution in [3.63, 3.8) is 0 Å². The zero-order valence-electron chi connectivity index (χ0n) is 15.5. The Bertz CT molecular complexity index is 366. The molecule has 128 valence electrons. The fourth-order valence-electron chi connectivity index (χ4n) is 5.32. The monoisotopic (exact) mass is 308 g/mol. The molecule has 2 amide bonds. The zero-order valence-corrected chi connectivity index (χ0v) is 15.5. The van der Waals surface area contributed by atoms with Gasteiger partial charge in [0.2, 0.25) is 0 Å². The molecule has 2 fully saturated rings. The van der Waals surface area contributed by atoms with Crippen molar-refractivity contribution in [3.05, 3.63) is 0 Å². The molecule has 0 heterocycles. The fraction of sp³-hybridized carbons (Fsp3) is 0.947. The molecule has 0 radical (unpaired) electrons. The first-order valence-corrected chi connectivity index (χ1v) is 9.12. The summed E-state index contributed by atoms with van der Waals surface area (Å²) in [6.45, 7) is 13.9. The number of nitrogens with one attached hydrogen (secondary N) is 2. The molecule has 2 rings (SSSR count). The molecule has 3 heteroatoms. The van der Waals surface area contributed by atoms with E-state index in [1.165, 1.54) is 12.8 Å². The van der Waals surface area contributed by atoms with Crippen LogP contribution in [0.3, 0.4) is 0 Å². The summed E-state index contributed by atoms with van der Waals surface area (Å²) in [5.74, 6) is 1.39. The molecule has 0 aromatic heterocycles. The van der Waals surface area contributed by atoms with Crippen LogP contribution in [0, 0.1) is 22.7 Å². The normalized spacial score (nSPS) is 37.4. The Kier molecular flexibility index (Phi) is 5.13. The van der Waals surface area contributed by atoms with Crippen molar-refractivity contribution in [2.45, 2.75) is 92.2 Å². The van der Waals surface area contributed by atoms with Gasteiger partial charge in [-0.05, 0) is 61.2 Å². The SMILES string of the molecule is CC1CC(NC(=O)NC2CC(C)CC(C)(C)C2)CC(C)(C)C1. The lowest BCUT2D eigenvalue weighted by Crippen LogP contribution is -2.51. The van der Waals surface area contributed by atoms with Gasteiger partial charge in [-0.1, -0.05) is 41.5 Å². The van der Waals surface area contributed by atoms with Crippen LogP contribution >= 0.6 is 0 Å². The standard InChI is InChI=1S/C19H36N2O/c1-13-7-15(11-18(3,4)9-13)20-17(22)21-16-8-14(2)10-19(5,6)12-16/h13-16H,7-12H2,1-6H3,(H2,20,21,22). The van der Waals surface area contributed by atoms with Crippen LogP contribution in [-0.2, 0) is 0 Å². The van der Waals surface area contributed by atoms with Crippen LogP contribution in [0.4, 0.5) is 4.79 Å². The highest BCUT2D eigenvalue weighted by atomic mass is 16.2. The number of carbonyl (C=O) groups excluding carboxylic acids is 1. The van der Waals surface area contributed by atoms with Crippen LogP contribution in [0.2, 0.25) is 0 Å². The second-order valence-electron chi connectivity index (χ2n) is 9.84. The molecule has 0 saturated heterocycles. The van der Waals surface area contributed by atoms with Crippen molar-refractivity contribution in [2.24, 2.45) is 22.7 Å². The predicted molar refractivity (Wildman–Crippen MR) is 92.8 cm³/mol. The van der Waals surface area contributed by atoms with Gasteiger partial charge >= 0.3 is 6.03 Å². The Labute approximate surface area is 137 Å². The lowest BCUT2D eigenvalue weighted by molar-refractivity contribution is 0.140. The lowest BCUT2D eigenvalue weighted by atomic mass is 9.70. The number of carbonyl (C=O) groups is 1. The Morgan fingerprint density at radius 1 is 0.773 bits per heavy atom. The third kappa shape index (κ3) is 5.17. The Morgan fingerprint density at radius 2 is 1.14 bits per heavy atom. The Balaban J connectivity index is 1.85. The van der Waals surface area contributed by atoms with Crippen LogP contribution in [0.25, 0.3) is 0 Å². The van der Waals surface area contributed by atoms with Crippen molar-refractivity contribution in [1.82, 2.24) is 10.6 Å². The summed E-state index contributed by atoms with van der Waals surface area (Å²) in [6.07, 6.45) is 6.95. The molecule has 22 heavy (non-hydrogen) atoms. The fourth-order valence-corrected chi connectivity index (χ4v) is 5.32. The molecule has 0 aliphatic heterocycles. The van der Waals surface area contributed by atoms with Gasteiger partial charge < -0.3 is 10.6 Å². The van der Waals surface area contributed by atoms with Crippen molar-refractivity contribution < 1.29 is 4.79 Å². The largest absolute Gasteiger partial charge is 0.335 e. The summed E-state index contributed by atoms with van der Waals surface area (Å²) < 4.78 is 0. The first kappa shape index (κ1) is 17.6. The van der Waals surface area contributed by atoms with Crippen LogP contribution in [0.15, 0.2) is 0 Å². The van der Waals surface area contributed by atoms with Gasteiger partial charge in [-0.25, -0.2) is 4.79 Å². The quantitative estimate of drug-likeness (QED) is 0.761. The van der Waals surface area contributed by atoms with Crippen molar-refractivity contribution in [2.75, 3.05) is 0 Å². The maximum atomic E-state index is 12.4. The third-order valence-corrected chi connectivity index (χ3v) is 5.44. The molecular weight excluding hydrogens is 272 g/mol. The van der Waals surface area contributed by atoms with Gasteiger partial charge in [-0.15, -0.1) is 0 Å². The number of hydrogen-bond donors (Lipinski definition) is 2. The molecule has 2 aliphatic rings. The average molecular weight is 309 g/mol. The van der Waals surface area contributed by atoms with E-state index in [-0.39, 0.29) is 6.03 Å². The Hall–Kier alpha value is -0.730. The summed E-state index contributed by atoms with van der Waals surface area (Å²) in [4.78, 5) is 12.4. The van der Waals surface area contributed by atoms with E-state index in [2.05, 4.69) is 52.2 Å². The number of rotatable bonds is 2. The number of amides is 2. The summed E-state index contributed by atoms with van der Waals surface area (Å²) in [7, 11) is 0. The topological polar surface area (TPSA) is 41.1 Å². The highest BCUT2D eigenvalue weighted by Gasteiger charge is 2.35. The molecule has 0 aromatic carbocycles. The van der Waals surface area contributed by atoms with Crippen LogP contribution < -0.4 is 10.6 Å². The highest BCUT2D eigenvalue weighted by Crippen LogP contribution is 2.39. The van der Waals surface area contributed by atoms with Crippen molar-refractivity contribution >= 4 is 6.03 Å². The maximum Gasteiger partial charge on any atom is 0.315 e. The van der Waals surface area contributed by atoms with Crippen molar-refractivity contribution in [1.29, 1.82) is 0 Å². The molecule has 2 aliphatic carbocycles. The third-order valence-electron chi connectivity index (χ3n) is 5.44. The van der Waals surface area contributed by atoms with E-state index in [0.717, 1.165) is 25.7 Å². The Morgan fingerprint density at radius 3 is 1.45 bits per heavy atom. The minimum atomic E-state index is 0.0461. The zero-order chi connectivity index (χ0) is 16.5. The lowest BCUT2D eigenvalue weighted by Gasteiger charge is -2.41. The molecule has 0 bridgehead atoms. The van der Waals surface area contributed by atoms with E-state index in [4.69, 9.17) is 0 Å². The van der Waals surface area contributed by atoms with E-state index >= 15 is 0 Å². The van der Waals surface area contributed by atoms with Gasteiger partial charge in [0.15, 0.2) is 0 Å². The molecular formula is C19H36N2O. The first-order valence-electron chi connectivity index (χ1n) is 9.12. The second kappa shape index (κ2) is 6.41. The van der Waals surface area contributed by atoms with E-state index in [9.17, 15) is 4.79 Å². The minimum absolute atomic E-state index is 0.0461. The van der Waals surface area contributed by atoms with E-state index < -0.39 is 0 Å². The number of urea groups is 1. The second-order valence-corrected chi connectivity index (χ2v) is 9.84. The summed E-state index contributed by atoms with van der Waals surface area (Å²) in [5, 5.41) is 6.49. The highest BCUT2D eigenvalue weighted by molar-refractivity contribution is 5.74. The van der Waals surface area contributed by atoms with Crippen LogP contribution in [0.5, 0.6) is 0 Å². The predicted octanol–water partition coefficient (Wildman–Crippen LogP) is 4.72. The molecule has 4 atom stereocenters. The summed E-state index contributed by atoms with van der Waals surface area (Å²) >= 11 is 0. The average Bonchev–Trinajstić information content (AvgIpc) is 2.21. The minimum Gasteiger partial charge on any atom is -0.335 e. The summed E-state index contributed by atoms with van der Waals surface area (Å²) in [5.41, 5.74) is 0.688.